The van der Waals surface area contributed by atoms with Crippen molar-refractivity contribution in [3.8, 4) is 0 Å². The van der Waals surface area contributed by atoms with Gasteiger partial charge in [0.2, 0.25) is 0 Å². The molecule has 0 bridgehead atoms. The van der Waals surface area contributed by atoms with E-state index in [-0.39, 0.29) is 17.6 Å². The maximum atomic E-state index is 11.3. The number of hydrogen-bond acceptors (Lipinski definition) is 3. The van der Waals surface area contributed by atoms with Gasteiger partial charge in [0.1, 0.15) is 6.10 Å². The molecule has 1 N–H and O–H groups in total. The minimum atomic E-state index is -0.814. The lowest BCUT2D eigenvalue weighted by molar-refractivity contribution is -0.162. The van der Waals surface area contributed by atoms with Crippen LogP contribution in [0.3, 0.4) is 0 Å². The van der Waals surface area contributed by atoms with E-state index in [0.717, 1.165) is 0 Å². The zero-order valence-corrected chi connectivity index (χ0v) is 10.4. The van der Waals surface area contributed by atoms with Gasteiger partial charge in [0.05, 0.1) is 0 Å². The Bertz CT molecular complexity index is 241. The van der Waals surface area contributed by atoms with Crippen molar-refractivity contribution < 1.29 is 14.3 Å². The molecule has 0 saturated heterocycles. The third kappa shape index (κ3) is 5.40. The number of carbonyl (C=O) groups is 2. The van der Waals surface area contributed by atoms with Crippen molar-refractivity contribution in [1.29, 1.82) is 0 Å². The van der Waals surface area contributed by atoms with Crippen molar-refractivity contribution in [1.82, 2.24) is 5.32 Å². The fraction of sp³-hybridized carbons (Fsp3) is 0.818. The fourth-order valence-corrected chi connectivity index (χ4v) is 0.712. The molecule has 0 heterocycles. The van der Waals surface area contributed by atoms with E-state index in [9.17, 15) is 9.59 Å². The zero-order chi connectivity index (χ0) is 12.2. The smallest absolute Gasteiger partial charge is 0.397 e. The zero-order valence-electron chi connectivity index (χ0n) is 10.4. The van der Waals surface area contributed by atoms with Gasteiger partial charge in [-0.05, 0) is 26.2 Å². The van der Waals surface area contributed by atoms with Crippen LogP contribution >= 0.6 is 0 Å². The molecular weight excluding hydrogens is 194 g/mol. The number of carbonyl (C=O) groups excluding carboxylic acids is 2. The summed E-state index contributed by atoms with van der Waals surface area (Å²) in [5.41, 5.74) is -0.159. The van der Waals surface area contributed by atoms with Gasteiger partial charge in [-0.15, -0.1) is 0 Å². The molecule has 4 heteroatoms. The topological polar surface area (TPSA) is 55.4 Å². The highest BCUT2D eigenvalue weighted by Gasteiger charge is 2.26. The van der Waals surface area contributed by atoms with E-state index in [1.54, 1.807) is 20.8 Å². The molecule has 0 aromatic heterocycles. The van der Waals surface area contributed by atoms with Gasteiger partial charge in [-0.3, -0.25) is 4.79 Å². The summed E-state index contributed by atoms with van der Waals surface area (Å²) >= 11 is 0. The average molecular weight is 215 g/mol. The molecule has 0 radical (unpaired) electrons. The number of rotatable bonds is 2. The van der Waals surface area contributed by atoms with Gasteiger partial charge in [0.15, 0.2) is 0 Å². The molecule has 0 spiro atoms. The molecule has 0 rings (SSSR count). The van der Waals surface area contributed by atoms with Crippen LogP contribution in [0.15, 0.2) is 0 Å². The summed E-state index contributed by atoms with van der Waals surface area (Å²) in [6.07, 6.45) is -0.289. The number of hydrogen-bond donors (Lipinski definition) is 1. The molecule has 88 valence electrons. The van der Waals surface area contributed by atoms with Crippen LogP contribution in [0.2, 0.25) is 0 Å². The Balaban J connectivity index is 4.20. The summed E-state index contributed by atoms with van der Waals surface area (Å²) in [7, 11) is 0. The molecule has 0 fully saturated rings. The highest BCUT2D eigenvalue weighted by molar-refractivity contribution is 6.32. The first-order valence-corrected chi connectivity index (χ1v) is 5.16. The van der Waals surface area contributed by atoms with Crippen LogP contribution in [0.5, 0.6) is 0 Å². The van der Waals surface area contributed by atoms with E-state index in [1.807, 2.05) is 20.8 Å². The molecule has 0 aromatic carbocycles. The Labute approximate surface area is 91.4 Å². The minimum Gasteiger partial charge on any atom is -0.455 e. The molecule has 0 aliphatic heterocycles. The lowest BCUT2D eigenvalue weighted by atomic mass is 9.90. The van der Waals surface area contributed by atoms with Crippen LogP contribution < -0.4 is 5.32 Å². The maximum Gasteiger partial charge on any atom is 0.397 e. The van der Waals surface area contributed by atoms with Crippen LogP contribution in [-0.4, -0.2) is 24.0 Å². The first kappa shape index (κ1) is 13.9. The molecule has 0 aliphatic carbocycles. The first-order chi connectivity index (χ1) is 6.64. The normalized spacial score (nSPS) is 13.5. The third-order valence-electron chi connectivity index (χ3n) is 2.11. The van der Waals surface area contributed by atoms with Crippen molar-refractivity contribution in [3.63, 3.8) is 0 Å². The molecule has 15 heavy (non-hydrogen) atoms. The summed E-state index contributed by atoms with van der Waals surface area (Å²) in [6, 6.07) is -0.0602. The van der Waals surface area contributed by atoms with E-state index >= 15 is 0 Å². The molecule has 0 aliphatic rings. The standard InChI is InChI=1S/C11H21NO3/c1-7(2)12-9(13)10(14)15-8(3)11(4,5)6/h7-8H,1-6H3,(H,12,13)/t8-/m1/s1. The van der Waals surface area contributed by atoms with Crippen molar-refractivity contribution >= 4 is 11.9 Å². The third-order valence-corrected chi connectivity index (χ3v) is 2.11. The van der Waals surface area contributed by atoms with E-state index in [2.05, 4.69) is 5.32 Å². The maximum absolute atomic E-state index is 11.3. The van der Waals surface area contributed by atoms with Crippen LogP contribution in [-0.2, 0) is 14.3 Å². The molecule has 4 nitrogen and oxygen atoms in total. The molecule has 1 atom stereocenters. The van der Waals surface area contributed by atoms with Gasteiger partial charge in [-0.1, -0.05) is 20.8 Å². The highest BCUT2D eigenvalue weighted by atomic mass is 16.5. The van der Waals surface area contributed by atoms with Crippen molar-refractivity contribution in [2.24, 2.45) is 5.41 Å². The van der Waals surface area contributed by atoms with Gasteiger partial charge in [0, 0.05) is 6.04 Å². The summed E-state index contributed by atoms with van der Waals surface area (Å²) in [5.74, 6) is -1.49. The second kappa shape index (κ2) is 5.14. The summed E-state index contributed by atoms with van der Waals surface area (Å²) in [6.45, 7) is 11.2. The second-order valence-corrected chi connectivity index (χ2v) is 5.04. The monoisotopic (exact) mass is 215 g/mol. The van der Waals surface area contributed by atoms with Crippen LogP contribution in [0, 0.1) is 5.41 Å². The lowest BCUT2D eigenvalue weighted by Crippen LogP contribution is -2.40. The summed E-state index contributed by atoms with van der Waals surface area (Å²) < 4.78 is 5.03. The van der Waals surface area contributed by atoms with E-state index in [1.165, 1.54) is 0 Å². The van der Waals surface area contributed by atoms with Crippen LogP contribution in [0.4, 0.5) is 0 Å². The Hall–Kier alpha value is -1.06. The molecular formula is C11H21NO3. The van der Waals surface area contributed by atoms with Gasteiger partial charge in [-0.25, -0.2) is 4.79 Å². The molecule has 1 amide bonds. The van der Waals surface area contributed by atoms with E-state index in [0.29, 0.717) is 0 Å². The minimum absolute atomic E-state index is 0.0602. The number of nitrogens with one attached hydrogen (secondary N) is 1. The van der Waals surface area contributed by atoms with E-state index in [4.69, 9.17) is 4.74 Å². The lowest BCUT2D eigenvalue weighted by Gasteiger charge is -2.26. The van der Waals surface area contributed by atoms with Crippen molar-refractivity contribution in [3.05, 3.63) is 0 Å². The number of ether oxygens (including phenoxy) is 1. The predicted molar refractivity (Wildman–Crippen MR) is 58.3 cm³/mol. The molecule has 0 aromatic rings. The quantitative estimate of drug-likeness (QED) is 0.561. The van der Waals surface area contributed by atoms with Gasteiger partial charge < -0.3 is 10.1 Å². The van der Waals surface area contributed by atoms with Crippen LogP contribution in [0.25, 0.3) is 0 Å². The van der Waals surface area contributed by atoms with Gasteiger partial charge >= 0.3 is 11.9 Å². The Kier molecular flexibility index (Phi) is 4.78. The average Bonchev–Trinajstić information content (AvgIpc) is 2.00. The molecule has 0 unspecified atom stereocenters. The van der Waals surface area contributed by atoms with Crippen molar-refractivity contribution in [2.45, 2.75) is 53.7 Å². The highest BCUT2D eigenvalue weighted by Crippen LogP contribution is 2.21. The largest absolute Gasteiger partial charge is 0.455 e. The van der Waals surface area contributed by atoms with Crippen LogP contribution in [0.1, 0.15) is 41.5 Å². The first-order valence-electron chi connectivity index (χ1n) is 5.16. The SMILES string of the molecule is CC(C)NC(=O)C(=O)O[C@H](C)C(C)(C)C. The van der Waals surface area contributed by atoms with Gasteiger partial charge in [-0.2, -0.15) is 0 Å². The Morgan fingerprint density at radius 3 is 1.93 bits per heavy atom. The number of amides is 1. The molecule has 0 saturated carbocycles. The van der Waals surface area contributed by atoms with E-state index < -0.39 is 11.9 Å². The second-order valence-electron chi connectivity index (χ2n) is 5.04. The van der Waals surface area contributed by atoms with Crippen molar-refractivity contribution in [2.75, 3.05) is 0 Å². The Morgan fingerprint density at radius 2 is 1.60 bits per heavy atom. The number of esters is 1. The summed E-state index contributed by atoms with van der Waals surface area (Å²) in [4.78, 5) is 22.5. The van der Waals surface area contributed by atoms with Gasteiger partial charge in [0.25, 0.3) is 0 Å². The fourth-order valence-electron chi connectivity index (χ4n) is 0.712. The predicted octanol–water partition coefficient (Wildman–Crippen LogP) is 1.49. The Morgan fingerprint density at radius 1 is 1.13 bits per heavy atom. The summed E-state index contributed by atoms with van der Waals surface area (Å²) in [5, 5.41) is 2.49.